The minimum absolute atomic E-state index is 0.236. The van der Waals surface area contributed by atoms with E-state index in [0.29, 0.717) is 44.9 Å². The molecule has 0 unspecified atom stereocenters. The van der Waals surface area contributed by atoms with Crippen molar-refractivity contribution in [3.05, 3.63) is 162 Å². The first-order chi connectivity index (χ1) is 25.4. The number of nitrogens with zero attached hydrogens (tertiary/aromatic N) is 3. The SMILES string of the molecule is CC(C)(C)c1ccc(C(=O)Nc2cccc3cccnc23)c(N(c2ccccc2)c2cc(C(C)(C)C)ccc2C(=O)Nc2cccc3cccnc23)c1. The topological polar surface area (TPSA) is 87.2 Å². The molecule has 0 aliphatic carbocycles. The van der Waals surface area contributed by atoms with E-state index in [4.69, 9.17) is 0 Å². The maximum absolute atomic E-state index is 14.6. The molecule has 5 aromatic carbocycles. The van der Waals surface area contributed by atoms with Gasteiger partial charge in [-0.1, -0.05) is 108 Å². The van der Waals surface area contributed by atoms with Crippen molar-refractivity contribution in [2.24, 2.45) is 0 Å². The second kappa shape index (κ2) is 14.0. The molecular formula is C46H43N5O2. The highest BCUT2D eigenvalue weighted by atomic mass is 16.2. The van der Waals surface area contributed by atoms with E-state index in [2.05, 4.69) is 74.3 Å². The zero-order valence-electron chi connectivity index (χ0n) is 30.9. The van der Waals surface area contributed by atoms with Gasteiger partial charge in [-0.25, -0.2) is 0 Å². The molecule has 7 rings (SSSR count). The molecule has 7 nitrogen and oxygen atoms in total. The van der Waals surface area contributed by atoms with Gasteiger partial charge in [-0.15, -0.1) is 0 Å². The number of hydrogen-bond acceptors (Lipinski definition) is 5. The first-order valence-corrected chi connectivity index (χ1v) is 17.8. The molecule has 2 aromatic heterocycles. The summed E-state index contributed by atoms with van der Waals surface area (Å²) in [5.74, 6) is -0.585. The molecule has 0 spiro atoms. The van der Waals surface area contributed by atoms with Crippen molar-refractivity contribution in [1.29, 1.82) is 0 Å². The van der Waals surface area contributed by atoms with Gasteiger partial charge >= 0.3 is 0 Å². The van der Waals surface area contributed by atoms with Crippen LogP contribution in [0.1, 0.15) is 73.4 Å². The van der Waals surface area contributed by atoms with Crippen LogP contribution in [0.2, 0.25) is 0 Å². The lowest BCUT2D eigenvalue weighted by Gasteiger charge is -2.32. The number of rotatable bonds is 7. The maximum Gasteiger partial charge on any atom is 0.257 e. The van der Waals surface area contributed by atoms with Gasteiger partial charge in [-0.2, -0.15) is 0 Å². The third-order valence-electron chi connectivity index (χ3n) is 9.47. The van der Waals surface area contributed by atoms with E-state index < -0.39 is 0 Å². The molecule has 0 bridgehead atoms. The summed E-state index contributed by atoms with van der Waals surface area (Å²) in [5.41, 5.74) is 7.21. The molecule has 0 saturated carbocycles. The molecular weight excluding hydrogens is 655 g/mol. The van der Waals surface area contributed by atoms with Gasteiger partial charge in [0.2, 0.25) is 0 Å². The molecule has 0 aliphatic heterocycles. The minimum Gasteiger partial charge on any atom is -0.320 e. The van der Waals surface area contributed by atoms with Gasteiger partial charge in [0.05, 0.1) is 44.9 Å². The number of carbonyl (C=O) groups is 2. The second-order valence-corrected chi connectivity index (χ2v) is 15.3. The summed E-state index contributed by atoms with van der Waals surface area (Å²) in [6, 6.07) is 41.0. The van der Waals surface area contributed by atoms with Crippen molar-refractivity contribution in [3.63, 3.8) is 0 Å². The number of carbonyl (C=O) groups excluding carboxylic acids is 2. The lowest BCUT2D eigenvalue weighted by molar-refractivity contribution is 0.102. The fourth-order valence-corrected chi connectivity index (χ4v) is 6.52. The van der Waals surface area contributed by atoms with E-state index in [1.807, 2.05) is 120 Å². The highest BCUT2D eigenvalue weighted by Gasteiger charge is 2.28. The fourth-order valence-electron chi connectivity index (χ4n) is 6.52. The third-order valence-corrected chi connectivity index (χ3v) is 9.47. The Balaban J connectivity index is 1.44. The Morgan fingerprint density at radius 3 is 1.38 bits per heavy atom. The monoisotopic (exact) mass is 697 g/mol. The van der Waals surface area contributed by atoms with Crippen molar-refractivity contribution in [2.45, 2.75) is 52.4 Å². The summed E-state index contributed by atoms with van der Waals surface area (Å²) >= 11 is 0. The summed E-state index contributed by atoms with van der Waals surface area (Å²) < 4.78 is 0. The summed E-state index contributed by atoms with van der Waals surface area (Å²) in [4.78, 5) is 40.3. The van der Waals surface area contributed by atoms with E-state index >= 15 is 0 Å². The molecule has 2 heterocycles. The molecule has 2 N–H and O–H groups in total. The van der Waals surface area contributed by atoms with E-state index in [9.17, 15) is 9.59 Å². The van der Waals surface area contributed by atoms with Gasteiger partial charge in [-0.05, 0) is 82.6 Å². The molecule has 0 atom stereocenters. The Hall–Kier alpha value is -6.34. The molecule has 0 aliphatic rings. The van der Waals surface area contributed by atoms with Crippen molar-refractivity contribution in [3.8, 4) is 0 Å². The van der Waals surface area contributed by atoms with Crippen molar-refractivity contribution in [2.75, 3.05) is 15.5 Å². The van der Waals surface area contributed by atoms with Crippen LogP contribution in [-0.2, 0) is 10.8 Å². The largest absolute Gasteiger partial charge is 0.320 e. The average molecular weight is 698 g/mol. The molecule has 53 heavy (non-hydrogen) atoms. The second-order valence-electron chi connectivity index (χ2n) is 15.3. The first-order valence-electron chi connectivity index (χ1n) is 17.8. The normalized spacial score (nSPS) is 11.7. The van der Waals surface area contributed by atoms with Crippen LogP contribution in [0.3, 0.4) is 0 Å². The molecule has 7 heteroatoms. The summed E-state index contributed by atoms with van der Waals surface area (Å²) in [6.45, 7) is 12.9. The van der Waals surface area contributed by atoms with Gasteiger partial charge in [0.15, 0.2) is 0 Å². The van der Waals surface area contributed by atoms with Crippen molar-refractivity contribution >= 4 is 62.1 Å². The lowest BCUT2D eigenvalue weighted by atomic mass is 9.85. The number of benzene rings is 5. The van der Waals surface area contributed by atoms with Gasteiger partial charge in [-0.3, -0.25) is 19.6 Å². The number of pyridine rings is 2. The Labute approximate surface area is 310 Å². The van der Waals surface area contributed by atoms with Gasteiger partial charge in [0.25, 0.3) is 11.8 Å². The zero-order valence-corrected chi connectivity index (χ0v) is 30.9. The number of amides is 2. The number of fused-ring (bicyclic) bond motifs is 2. The fraction of sp³-hybridized carbons (Fsp3) is 0.174. The number of hydrogen-bond donors (Lipinski definition) is 2. The van der Waals surface area contributed by atoms with Crippen LogP contribution in [0, 0.1) is 0 Å². The van der Waals surface area contributed by atoms with Crippen LogP contribution < -0.4 is 15.5 Å². The van der Waals surface area contributed by atoms with Crippen LogP contribution in [0.5, 0.6) is 0 Å². The Morgan fingerprint density at radius 2 is 0.943 bits per heavy atom. The lowest BCUT2D eigenvalue weighted by Crippen LogP contribution is -2.24. The van der Waals surface area contributed by atoms with Gasteiger partial charge < -0.3 is 15.5 Å². The predicted molar refractivity (Wildman–Crippen MR) is 218 cm³/mol. The first kappa shape index (κ1) is 35.1. The van der Waals surface area contributed by atoms with Crippen LogP contribution in [0.15, 0.2) is 140 Å². The molecule has 7 aromatic rings. The highest BCUT2D eigenvalue weighted by molar-refractivity contribution is 6.15. The molecule has 264 valence electrons. The summed E-state index contributed by atoms with van der Waals surface area (Å²) in [5, 5.41) is 8.18. The zero-order chi connectivity index (χ0) is 37.3. The van der Waals surface area contributed by atoms with Crippen LogP contribution in [-0.4, -0.2) is 21.8 Å². The van der Waals surface area contributed by atoms with Crippen LogP contribution in [0.25, 0.3) is 21.8 Å². The summed E-state index contributed by atoms with van der Waals surface area (Å²) in [7, 11) is 0. The van der Waals surface area contributed by atoms with E-state index in [-0.39, 0.29) is 22.6 Å². The van der Waals surface area contributed by atoms with Gasteiger partial charge in [0, 0.05) is 28.9 Å². The van der Waals surface area contributed by atoms with E-state index in [1.54, 1.807) is 12.4 Å². The number of nitrogens with one attached hydrogen (secondary N) is 2. The summed E-state index contributed by atoms with van der Waals surface area (Å²) in [6.07, 6.45) is 3.45. The highest BCUT2D eigenvalue weighted by Crippen LogP contribution is 2.43. The molecule has 0 saturated heterocycles. The number of aromatic nitrogens is 2. The predicted octanol–water partition coefficient (Wildman–Crippen LogP) is 11.4. The Kier molecular flexibility index (Phi) is 9.26. The van der Waals surface area contributed by atoms with Crippen LogP contribution in [0.4, 0.5) is 28.4 Å². The minimum atomic E-state index is -0.292. The number of para-hydroxylation sites is 3. The van der Waals surface area contributed by atoms with E-state index in [1.165, 1.54) is 0 Å². The maximum atomic E-state index is 14.6. The standard InChI is InChI=1S/C46H43N5O2/c1-45(2,3)32-22-24-35(43(52)49-37-20-10-14-30-16-12-26-47-41(30)37)39(28-32)51(34-18-8-7-9-19-34)40-29-33(46(4,5)6)23-25-36(40)44(53)50-38-21-11-15-31-17-13-27-48-42(31)38/h7-29H,1-6H3,(H,49,52)(H,50,53). The third kappa shape index (κ3) is 7.24. The van der Waals surface area contributed by atoms with Crippen molar-refractivity contribution < 1.29 is 9.59 Å². The Bertz CT molecular complexity index is 2310. The smallest absolute Gasteiger partial charge is 0.257 e. The van der Waals surface area contributed by atoms with Crippen LogP contribution >= 0.6 is 0 Å². The van der Waals surface area contributed by atoms with E-state index in [0.717, 1.165) is 27.6 Å². The Morgan fingerprint density at radius 1 is 0.509 bits per heavy atom. The number of anilines is 5. The van der Waals surface area contributed by atoms with Crippen molar-refractivity contribution in [1.82, 2.24) is 9.97 Å². The quantitative estimate of drug-likeness (QED) is 0.173. The molecule has 0 fully saturated rings. The molecule has 0 radical (unpaired) electrons. The van der Waals surface area contributed by atoms with Gasteiger partial charge in [0.1, 0.15) is 0 Å². The molecule has 2 amide bonds. The average Bonchev–Trinajstić information content (AvgIpc) is 3.15.